The van der Waals surface area contributed by atoms with Crippen LogP contribution in [0.5, 0.6) is 0 Å². The van der Waals surface area contributed by atoms with Crippen LogP contribution in [-0.2, 0) is 6.54 Å². The van der Waals surface area contributed by atoms with Gasteiger partial charge in [-0.05, 0) is 48.6 Å². The lowest BCUT2D eigenvalue weighted by atomic mass is 10.1. The number of amides is 2. The van der Waals surface area contributed by atoms with Crippen molar-refractivity contribution >= 4 is 52.1 Å². The lowest BCUT2D eigenvalue weighted by Crippen LogP contribution is -2.35. The topological polar surface area (TPSA) is 127 Å². The quantitative estimate of drug-likeness (QED) is 0.290. The van der Waals surface area contributed by atoms with E-state index in [1.165, 1.54) is 18.4 Å². The second kappa shape index (κ2) is 9.83. The van der Waals surface area contributed by atoms with E-state index in [4.69, 9.17) is 28.2 Å². The molecule has 0 radical (unpaired) electrons. The molecule has 1 aromatic heterocycles. The van der Waals surface area contributed by atoms with Crippen molar-refractivity contribution in [3.05, 3.63) is 92.9 Å². The molecular weight excluding hydrogens is 444 g/mol. The van der Waals surface area contributed by atoms with Gasteiger partial charge < -0.3 is 15.1 Å². The number of benzene rings is 2. The van der Waals surface area contributed by atoms with Crippen molar-refractivity contribution in [2.24, 2.45) is 0 Å². The zero-order valence-electron chi connectivity index (χ0n) is 15.8. The third kappa shape index (κ3) is 5.65. The van der Waals surface area contributed by atoms with Crippen LogP contribution >= 0.6 is 23.8 Å². The molecule has 0 saturated carbocycles. The van der Waals surface area contributed by atoms with E-state index in [1.807, 2.05) is 0 Å². The second-order valence-corrected chi connectivity index (χ2v) is 6.95. The van der Waals surface area contributed by atoms with Gasteiger partial charge >= 0.3 is 0 Å². The van der Waals surface area contributed by atoms with E-state index in [1.54, 1.807) is 36.4 Å². The largest absolute Gasteiger partial charge is 0.467 e. The van der Waals surface area contributed by atoms with E-state index in [0.717, 1.165) is 6.07 Å². The Hall–Kier alpha value is -3.76. The van der Waals surface area contributed by atoms with Gasteiger partial charge in [0.25, 0.3) is 17.5 Å². The number of para-hydroxylation sites is 1. The monoisotopic (exact) mass is 458 g/mol. The Bertz CT molecular complexity index is 1150. The van der Waals surface area contributed by atoms with Crippen molar-refractivity contribution in [1.82, 2.24) is 10.6 Å². The summed E-state index contributed by atoms with van der Waals surface area (Å²) < 4.78 is 5.18. The highest BCUT2D eigenvalue weighted by molar-refractivity contribution is 7.80. The van der Waals surface area contributed by atoms with Crippen LogP contribution in [0.2, 0.25) is 5.02 Å². The Kier molecular flexibility index (Phi) is 6.96. The number of hydrogen-bond donors (Lipinski definition) is 3. The minimum absolute atomic E-state index is 0.00438. The molecule has 3 N–H and O–H groups in total. The second-order valence-electron chi connectivity index (χ2n) is 6.14. The highest BCUT2D eigenvalue weighted by Crippen LogP contribution is 2.25. The molecule has 2 aromatic carbocycles. The van der Waals surface area contributed by atoms with Gasteiger partial charge in [0.15, 0.2) is 5.11 Å². The highest BCUT2D eigenvalue weighted by Gasteiger charge is 2.18. The summed E-state index contributed by atoms with van der Waals surface area (Å²) in [6.45, 7) is 0.205. The molecule has 1 heterocycles. The van der Waals surface area contributed by atoms with Crippen LogP contribution in [0.4, 0.5) is 11.4 Å². The van der Waals surface area contributed by atoms with E-state index in [9.17, 15) is 19.7 Å². The molecule has 0 atom stereocenters. The van der Waals surface area contributed by atoms with Crippen molar-refractivity contribution in [3.63, 3.8) is 0 Å². The molecule has 9 nitrogen and oxygen atoms in total. The molecule has 0 spiro atoms. The number of nitro benzene ring substituents is 1. The number of anilines is 1. The maximum absolute atomic E-state index is 12.5. The Labute approximate surface area is 186 Å². The lowest BCUT2D eigenvalue weighted by Gasteiger charge is -2.13. The lowest BCUT2D eigenvalue weighted by molar-refractivity contribution is -0.384. The molecule has 0 aliphatic rings. The fourth-order valence-corrected chi connectivity index (χ4v) is 2.98. The summed E-state index contributed by atoms with van der Waals surface area (Å²) in [5.74, 6) is -0.447. The number of rotatable bonds is 6. The molecule has 0 bridgehead atoms. The van der Waals surface area contributed by atoms with E-state index >= 15 is 0 Å². The zero-order valence-corrected chi connectivity index (χ0v) is 17.3. The first-order valence-electron chi connectivity index (χ1n) is 8.81. The number of nitro groups is 1. The zero-order chi connectivity index (χ0) is 22.4. The predicted molar refractivity (Wildman–Crippen MR) is 118 cm³/mol. The molecule has 31 heavy (non-hydrogen) atoms. The minimum atomic E-state index is -0.687. The number of nitrogens with zero attached hydrogens (tertiary/aromatic N) is 1. The average molecular weight is 459 g/mol. The van der Waals surface area contributed by atoms with Crippen molar-refractivity contribution in [1.29, 1.82) is 0 Å². The summed E-state index contributed by atoms with van der Waals surface area (Å²) in [4.78, 5) is 35.2. The van der Waals surface area contributed by atoms with E-state index in [2.05, 4.69) is 16.0 Å². The summed E-state index contributed by atoms with van der Waals surface area (Å²) in [5.41, 5.74) is 0.274. The molecule has 11 heteroatoms. The number of halogens is 1. The van der Waals surface area contributed by atoms with Gasteiger partial charge in [0, 0.05) is 11.6 Å². The molecule has 0 unspecified atom stereocenters. The normalized spacial score (nSPS) is 10.2. The maximum Gasteiger partial charge on any atom is 0.288 e. The number of furan rings is 1. The molecule has 0 saturated heterocycles. The Morgan fingerprint density at radius 3 is 2.58 bits per heavy atom. The van der Waals surface area contributed by atoms with Gasteiger partial charge in [0.05, 0.1) is 29.0 Å². The van der Waals surface area contributed by atoms with Crippen LogP contribution in [0.1, 0.15) is 26.5 Å². The molecule has 158 valence electrons. The molecule has 0 fully saturated rings. The summed E-state index contributed by atoms with van der Waals surface area (Å²) >= 11 is 10.9. The van der Waals surface area contributed by atoms with Crippen molar-refractivity contribution in [2.75, 3.05) is 5.32 Å². The molecule has 3 aromatic rings. The van der Waals surface area contributed by atoms with E-state index in [-0.39, 0.29) is 28.2 Å². The smallest absolute Gasteiger partial charge is 0.288 e. The Balaban J connectivity index is 1.67. The SMILES string of the molecule is O=C(NC(=S)Nc1ccccc1C(=O)NCc1ccco1)c1ccc(Cl)c([N+](=O)[O-])c1. The maximum atomic E-state index is 12.5. The van der Waals surface area contributed by atoms with Gasteiger partial charge in [-0.1, -0.05) is 23.7 Å². The van der Waals surface area contributed by atoms with Crippen LogP contribution in [-0.4, -0.2) is 21.9 Å². The standard InChI is InChI=1S/C20H15ClN4O5S/c21-15-8-7-12(10-17(15)25(28)29)18(26)24-20(31)23-16-6-2-1-5-14(16)19(27)22-11-13-4-3-9-30-13/h1-10H,11H2,(H,22,27)(H2,23,24,26,31). The van der Waals surface area contributed by atoms with Gasteiger partial charge in [0.2, 0.25) is 0 Å². The van der Waals surface area contributed by atoms with E-state index < -0.39 is 16.5 Å². The summed E-state index contributed by atoms with van der Waals surface area (Å²) in [7, 11) is 0. The third-order valence-corrected chi connectivity index (χ3v) is 4.58. The number of carbonyl (C=O) groups excluding carboxylic acids is 2. The predicted octanol–water partition coefficient (Wildman–Crippen LogP) is 3.90. The van der Waals surface area contributed by atoms with Gasteiger partial charge in [-0.2, -0.15) is 0 Å². The number of carbonyl (C=O) groups is 2. The van der Waals surface area contributed by atoms with Crippen molar-refractivity contribution in [2.45, 2.75) is 6.54 Å². The summed E-state index contributed by atoms with van der Waals surface area (Å²) in [6, 6.07) is 13.7. The summed E-state index contributed by atoms with van der Waals surface area (Å²) in [5, 5.41) is 18.8. The van der Waals surface area contributed by atoms with Gasteiger partial charge in [-0.15, -0.1) is 0 Å². The number of hydrogen-bond acceptors (Lipinski definition) is 6. The number of nitrogens with one attached hydrogen (secondary N) is 3. The molecule has 0 aliphatic carbocycles. The van der Waals surface area contributed by atoms with Gasteiger partial charge in [0.1, 0.15) is 10.8 Å². The minimum Gasteiger partial charge on any atom is -0.467 e. The first kappa shape index (κ1) is 21.9. The highest BCUT2D eigenvalue weighted by atomic mass is 35.5. The van der Waals surface area contributed by atoms with Gasteiger partial charge in [-0.3, -0.25) is 25.0 Å². The molecule has 0 aliphatic heterocycles. The van der Waals surface area contributed by atoms with Crippen molar-refractivity contribution < 1.29 is 18.9 Å². The Morgan fingerprint density at radius 1 is 1.10 bits per heavy atom. The first-order valence-corrected chi connectivity index (χ1v) is 9.59. The van der Waals surface area contributed by atoms with Crippen LogP contribution < -0.4 is 16.0 Å². The van der Waals surface area contributed by atoms with E-state index in [0.29, 0.717) is 17.0 Å². The third-order valence-electron chi connectivity index (χ3n) is 4.06. The van der Waals surface area contributed by atoms with Crippen molar-refractivity contribution in [3.8, 4) is 0 Å². The average Bonchev–Trinajstić information content (AvgIpc) is 3.26. The summed E-state index contributed by atoms with van der Waals surface area (Å²) in [6.07, 6.45) is 1.51. The van der Waals surface area contributed by atoms with Crippen LogP contribution in [0.3, 0.4) is 0 Å². The molecular formula is C20H15ClN4O5S. The molecule has 2 amide bonds. The van der Waals surface area contributed by atoms with Crippen LogP contribution in [0.15, 0.2) is 65.3 Å². The van der Waals surface area contributed by atoms with Crippen LogP contribution in [0.25, 0.3) is 0 Å². The Morgan fingerprint density at radius 2 is 1.87 bits per heavy atom. The molecule has 3 rings (SSSR count). The fraction of sp³-hybridized carbons (Fsp3) is 0.0500. The first-order chi connectivity index (χ1) is 14.8. The fourth-order valence-electron chi connectivity index (χ4n) is 2.59. The van der Waals surface area contributed by atoms with Gasteiger partial charge in [-0.25, -0.2) is 0 Å². The van der Waals surface area contributed by atoms with Crippen LogP contribution in [0, 0.1) is 10.1 Å². The number of thiocarbonyl (C=S) groups is 1.